The first-order valence-electron chi connectivity index (χ1n) is 6.90. The third kappa shape index (κ3) is 2.25. The largest absolute Gasteiger partial charge is 0.440 e. The third-order valence-electron chi connectivity index (χ3n) is 3.74. The Morgan fingerprint density at radius 3 is 2.77 bits per heavy atom. The second kappa shape index (κ2) is 5.41. The summed E-state index contributed by atoms with van der Waals surface area (Å²) in [7, 11) is 3.92. The first-order chi connectivity index (χ1) is 10.6. The van der Waals surface area contributed by atoms with E-state index < -0.39 is 0 Å². The van der Waals surface area contributed by atoms with Crippen LogP contribution in [0.5, 0.6) is 5.75 Å². The number of hydrogen-bond acceptors (Lipinski definition) is 5. The van der Waals surface area contributed by atoms with Crippen LogP contribution in [0.4, 0.5) is 5.69 Å². The SMILES string of the molecule is CN(C)c1ccc2c(c1)OC(N)=C(C#N)[C@@H]2c1cccnc1. The van der Waals surface area contributed by atoms with E-state index in [-0.39, 0.29) is 11.8 Å². The Kier molecular flexibility index (Phi) is 3.43. The minimum atomic E-state index is -0.251. The lowest BCUT2D eigenvalue weighted by Gasteiger charge is -2.27. The average Bonchev–Trinajstić information content (AvgIpc) is 2.53. The maximum atomic E-state index is 9.47. The molecule has 0 fully saturated rings. The normalized spacial score (nSPS) is 16.5. The maximum Gasteiger partial charge on any atom is 0.205 e. The number of fused-ring (bicyclic) bond motifs is 1. The van der Waals surface area contributed by atoms with Crippen molar-refractivity contribution in [3.8, 4) is 11.8 Å². The molecular formula is C17H16N4O. The minimum Gasteiger partial charge on any atom is -0.440 e. The highest BCUT2D eigenvalue weighted by Gasteiger charge is 2.30. The minimum absolute atomic E-state index is 0.153. The summed E-state index contributed by atoms with van der Waals surface area (Å²) in [5, 5.41) is 9.47. The summed E-state index contributed by atoms with van der Waals surface area (Å²) >= 11 is 0. The second-order valence-corrected chi connectivity index (χ2v) is 5.33. The van der Waals surface area contributed by atoms with Crippen molar-refractivity contribution in [2.45, 2.75) is 5.92 Å². The predicted octanol–water partition coefficient (Wildman–Crippen LogP) is 2.37. The van der Waals surface area contributed by atoms with Gasteiger partial charge < -0.3 is 15.4 Å². The fourth-order valence-electron chi connectivity index (χ4n) is 2.61. The third-order valence-corrected chi connectivity index (χ3v) is 3.74. The van der Waals surface area contributed by atoms with Crippen LogP contribution < -0.4 is 15.4 Å². The Morgan fingerprint density at radius 1 is 1.32 bits per heavy atom. The van der Waals surface area contributed by atoms with Crippen molar-refractivity contribution in [1.82, 2.24) is 4.98 Å². The average molecular weight is 292 g/mol. The Bertz CT molecular complexity index is 775. The summed E-state index contributed by atoms with van der Waals surface area (Å²) in [5.41, 5.74) is 9.23. The van der Waals surface area contributed by atoms with Crippen molar-refractivity contribution in [2.75, 3.05) is 19.0 Å². The van der Waals surface area contributed by atoms with Gasteiger partial charge in [-0.25, -0.2) is 0 Å². The van der Waals surface area contributed by atoms with E-state index >= 15 is 0 Å². The summed E-state index contributed by atoms with van der Waals surface area (Å²) < 4.78 is 5.67. The van der Waals surface area contributed by atoms with Crippen LogP contribution in [0.15, 0.2) is 54.2 Å². The van der Waals surface area contributed by atoms with Crippen molar-refractivity contribution in [1.29, 1.82) is 5.26 Å². The number of nitrogens with two attached hydrogens (primary N) is 1. The van der Waals surface area contributed by atoms with Gasteiger partial charge in [0, 0.05) is 43.8 Å². The molecule has 1 aromatic heterocycles. The fourth-order valence-corrected chi connectivity index (χ4v) is 2.61. The van der Waals surface area contributed by atoms with Crippen LogP contribution in [0, 0.1) is 11.3 Å². The van der Waals surface area contributed by atoms with E-state index in [1.807, 2.05) is 49.3 Å². The van der Waals surface area contributed by atoms with E-state index in [1.165, 1.54) is 0 Å². The lowest BCUT2D eigenvalue weighted by molar-refractivity contribution is 0.393. The number of pyridine rings is 1. The molecule has 0 aliphatic carbocycles. The molecule has 2 N–H and O–H groups in total. The van der Waals surface area contributed by atoms with Crippen LogP contribution >= 0.6 is 0 Å². The molecule has 0 spiro atoms. The monoisotopic (exact) mass is 292 g/mol. The number of nitrogens with zero attached hydrogens (tertiary/aromatic N) is 3. The molecule has 22 heavy (non-hydrogen) atoms. The molecule has 0 bridgehead atoms. The lowest BCUT2D eigenvalue weighted by atomic mass is 9.84. The van der Waals surface area contributed by atoms with Gasteiger partial charge >= 0.3 is 0 Å². The van der Waals surface area contributed by atoms with Crippen molar-refractivity contribution in [3.05, 3.63) is 65.3 Å². The Hall–Kier alpha value is -3.00. The number of ether oxygens (including phenoxy) is 1. The highest BCUT2D eigenvalue weighted by molar-refractivity contribution is 5.60. The summed E-state index contributed by atoms with van der Waals surface area (Å²) in [5.74, 6) is 0.579. The molecule has 0 saturated carbocycles. The molecule has 1 aliphatic heterocycles. The zero-order valence-corrected chi connectivity index (χ0v) is 12.4. The quantitative estimate of drug-likeness (QED) is 0.919. The van der Waals surface area contributed by atoms with E-state index in [0.29, 0.717) is 11.3 Å². The highest BCUT2D eigenvalue weighted by atomic mass is 16.5. The number of anilines is 1. The Labute approximate surface area is 129 Å². The van der Waals surface area contributed by atoms with Gasteiger partial charge in [0.15, 0.2) is 0 Å². The van der Waals surface area contributed by atoms with Crippen molar-refractivity contribution in [2.24, 2.45) is 5.73 Å². The molecule has 0 amide bonds. The van der Waals surface area contributed by atoms with Crippen molar-refractivity contribution >= 4 is 5.69 Å². The van der Waals surface area contributed by atoms with Gasteiger partial charge in [0.05, 0.1) is 5.92 Å². The number of aromatic nitrogens is 1. The summed E-state index contributed by atoms with van der Waals surface area (Å²) in [6, 6.07) is 11.9. The van der Waals surface area contributed by atoms with Gasteiger partial charge in [-0.15, -0.1) is 0 Å². The molecule has 5 nitrogen and oxygen atoms in total. The van der Waals surface area contributed by atoms with Gasteiger partial charge in [-0.2, -0.15) is 5.26 Å². The molecule has 3 rings (SSSR count). The van der Waals surface area contributed by atoms with E-state index in [4.69, 9.17) is 10.5 Å². The fraction of sp³-hybridized carbons (Fsp3) is 0.176. The van der Waals surface area contributed by atoms with Crippen molar-refractivity contribution < 1.29 is 4.74 Å². The summed E-state index contributed by atoms with van der Waals surface area (Å²) in [6.45, 7) is 0. The van der Waals surface area contributed by atoms with Gasteiger partial charge in [0.25, 0.3) is 0 Å². The standard InChI is InChI=1S/C17H16N4O/c1-21(2)12-5-6-13-15(8-12)22-17(19)14(9-18)16(13)11-4-3-7-20-10-11/h3-8,10,16H,19H2,1-2H3/t16-/m1/s1. The molecule has 1 aliphatic rings. The van der Waals surface area contributed by atoms with E-state index in [0.717, 1.165) is 16.8 Å². The zero-order chi connectivity index (χ0) is 15.7. The number of nitriles is 1. The maximum absolute atomic E-state index is 9.47. The summed E-state index contributed by atoms with van der Waals surface area (Å²) in [4.78, 5) is 6.14. The second-order valence-electron chi connectivity index (χ2n) is 5.33. The Balaban J connectivity index is 2.18. The molecule has 2 heterocycles. The topological polar surface area (TPSA) is 75.2 Å². The Morgan fingerprint density at radius 2 is 2.14 bits per heavy atom. The molecule has 0 saturated heterocycles. The first-order valence-corrected chi connectivity index (χ1v) is 6.90. The smallest absolute Gasteiger partial charge is 0.205 e. The van der Waals surface area contributed by atoms with E-state index in [1.54, 1.807) is 12.4 Å². The van der Waals surface area contributed by atoms with Crippen LogP contribution in [-0.4, -0.2) is 19.1 Å². The molecule has 5 heteroatoms. The molecule has 110 valence electrons. The van der Waals surface area contributed by atoms with Crippen molar-refractivity contribution in [3.63, 3.8) is 0 Å². The number of benzene rings is 1. The summed E-state index contributed by atoms with van der Waals surface area (Å²) in [6.07, 6.45) is 3.46. The molecule has 0 unspecified atom stereocenters. The zero-order valence-electron chi connectivity index (χ0n) is 12.4. The van der Waals surface area contributed by atoms with E-state index in [2.05, 4.69) is 11.1 Å². The highest BCUT2D eigenvalue weighted by Crippen LogP contribution is 2.42. The van der Waals surface area contributed by atoms with Gasteiger partial charge in [-0.1, -0.05) is 12.1 Å². The van der Waals surface area contributed by atoms with Gasteiger partial charge in [0.2, 0.25) is 5.88 Å². The molecule has 2 aromatic rings. The van der Waals surface area contributed by atoms with Crippen LogP contribution in [0.1, 0.15) is 17.0 Å². The van der Waals surface area contributed by atoms with E-state index in [9.17, 15) is 5.26 Å². The molecule has 1 aromatic carbocycles. The predicted molar refractivity (Wildman–Crippen MR) is 84.3 cm³/mol. The number of hydrogen-bond donors (Lipinski definition) is 1. The number of allylic oxidation sites excluding steroid dienone is 1. The molecule has 0 radical (unpaired) electrons. The first kappa shape index (κ1) is 14.0. The van der Waals surface area contributed by atoms with Crippen LogP contribution in [0.2, 0.25) is 0 Å². The molecule has 1 atom stereocenters. The van der Waals surface area contributed by atoms with Gasteiger partial charge in [0.1, 0.15) is 17.4 Å². The number of rotatable bonds is 2. The van der Waals surface area contributed by atoms with Crippen LogP contribution in [0.3, 0.4) is 0 Å². The molecular weight excluding hydrogens is 276 g/mol. The van der Waals surface area contributed by atoms with Gasteiger partial charge in [-0.05, 0) is 17.7 Å². The van der Waals surface area contributed by atoms with Crippen LogP contribution in [0.25, 0.3) is 0 Å². The van der Waals surface area contributed by atoms with Crippen LogP contribution in [-0.2, 0) is 0 Å². The lowest BCUT2D eigenvalue weighted by Crippen LogP contribution is -2.21. The van der Waals surface area contributed by atoms with Gasteiger partial charge in [-0.3, -0.25) is 4.98 Å².